The average molecular weight is 593 g/mol. The van der Waals surface area contributed by atoms with Gasteiger partial charge >= 0.3 is 12.2 Å². The van der Waals surface area contributed by atoms with Crippen LogP contribution in [-0.2, 0) is 6.18 Å². The zero-order valence-electron chi connectivity index (χ0n) is 23.9. The van der Waals surface area contributed by atoms with Gasteiger partial charge in [-0.05, 0) is 73.2 Å². The van der Waals surface area contributed by atoms with Gasteiger partial charge in [-0.2, -0.15) is 13.2 Å². The van der Waals surface area contributed by atoms with Crippen molar-refractivity contribution in [3.8, 4) is 28.4 Å². The molecule has 1 fully saturated rings. The minimum absolute atomic E-state index is 0.0545. The number of rotatable bonds is 6. The van der Waals surface area contributed by atoms with Crippen LogP contribution in [0.2, 0.25) is 0 Å². The van der Waals surface area contributed by atoms with Gasteiger partial charge in [-0.1, -0.05) is 12.1 Å². The van der Waals surface area contributed by atoms with Crippen molar-refractivity contribution < 1.29 is 32.2 Å². The first kappa shape index (κ1) is 29.6. The molecule has 0 unspecified atom stereocenters. The SMILES string of the molecule is COc1ccc(-c2cc(C(=O)N3CCN(C(=O)Nc4cccc(C(F)(F)F)c4)CC3)c(C)n2-c2cccc(OC)c2)cc1. The molecule has 224 valence electrons. The Bertz CT molecular complexity index is 1620. The van der Waals surface area contributed by atoms with E-state index < -0.39 is 17.8 Å². The number of carbonyl (C=O) groups is 2. The minimum Gasteiger partial charge on any atom is -0.497 e. The Morgan fingerprint density at radius 2 is 1.44 bits per heavy atom. The third-order valence-corrected chi connectivity index (χ3v) is 7.47. The second-order valence-corrected chi connectivity index (χ2v) is 10.1. The number of piperazine rings is 1. The molecule has 1 aliphatic rings. The van der Waals surface area contributed by atoms with E-state index in [-0.39, 0.29) is 37.8 Å². The number of anilines is 1. The van der Waals surface area contributed by atoms with Crippen molar-refractivity contribution in [2.45, 2.75) is 13.1 Å². The van der Waals surface area contributed by atoms with E-state index in [1.165, 1.54) is 17.0 Å². The van der Waals surface area contributed by atoms with Crippen molar-refractivity contribution in [1.29, 1.82) is 0 Å². The quantitative estimate of drug-likeness (QED) is 0.278. The molecule has 0 spiro atoms. The van der Waals surface area contributed by atoms with E-state index in [9.17, 15) is 22.8 Å². The fourth-order valence-electron chi connectivity index (χ4n) is 5.14. The molecule has 11 heteroatoms. The molecular formula is C32H31F3N4O4. The molecule has 0 atom stereocenters. The summed E-state index contributed by atoms with van der Waals surface area (Å²) < 4.78 is 51.9. The molecule has 0 radical (unpaired) electrons. The molecule has 1 aromatic heterocycles. The predicted octanol–water partition coefficient (Wildman–Crippen LogP) is 6.48. The number of hydrogen-bond acceptors (Lipinski definition) is 4. The van der Waals surface area contributed by atoms with Crippen LogP contribution in [0.15, 0.2) is 78.9 Å². The highest BCUT2D eigenvalue weighted by Crippen LogP contribution is 2.33. The second kappa shape index (κ2) is 12.1. The number of alkyl halides is 3. The van der Waals surface area contributed by atoms with Crippen molar-refractivity contribution in [2.75, 3.05) is 45.7 Å². The molecule has 1 saturated heterocycles. The first-order valence-electron chi connectivity index (χ1n) is 13.6. The summed E-state index contributed by atoms with van der Waals surface area (Å²) in [5, 5.41) is 2.53. The molecule has 3 amide bonds. The molecule has 43 heavy (non-hydrogen) atoms. The molecule has 1 aliphatic heterocycles. The van der Waals surface area contributed by atoms with Crippen LogP contribution < -0.4 is 14.8 Å². The highest BCUT2D eigenvalue weighted by atomic mass is 19.4. The van der Waals surface area contributed by atoms with Gasteiger partial charge in [0.05, 0.1) is 31.0 Å². The van der Waals surface area contributed by atoms with Crippen LogP contribution in [0.5, 0.6) is 11.5 Å². The number of carbonyl (C=O) groups excluding carboxylic acids is 2. The van der Waals surface area contributed by atoms with E-state index in [0.29, 0.717) is 17.1 Å². The van der Waals surface area contributed by atoms with E-state index in [0.717, 1.165) is 34.8 Å². The van der Waals surface area contributed by atoms with Crippen molar-refractivity contribution in [3.05, 3.63) is 95.7 Å². The van der Waals surface area contributed by atoms with E-state index in [4.69, 9.17) is 9.47 Å². The number of amides is 3. The maximum Gasteiger partial charge on any atom is 0.416 e. The summed E-state index contributed by atoms with van der Waals surface area (Å²) in [6, 6.07) is 21.0. The smallest absolute Gasteiger partial charge is 0.416 e. The standard InChI is InChI=1S/C32H31F3N4O4/c1-21-28(20-29(22-10-12-26(42-2)13-11-22)39(21)25-8-5-9-27(19-25)43-3)30(40)37-14-16-38(17-15-37)31(41)36-24-7-4-6-23(18-24)32(33,34)35/h4-13,18-20H,14-17H2,1-3H3,(H,36,41). The lowest BCUT2D eigenvalue weighted by atomic mass is 10.1. The number of aromatic nitrogens is 1. The number of nitrogens with zero attached hydrogens (tertiary/aromatic N) is 3. The summed E-state index contributed by atoms with van der Waals surface area (Å²) >= 11 is 0. The van der Waals surface area contributed by atoms with Crippen molar-refractivity contribution in [3.63, 3.8) is 0 Å². The Balaban J connectivity index is 1.35. The van der Waals surface area contributed by atoms with Gasteiger partial charge in [0.25, 0.3) is 5.91 Å². The van der Waals surface area contributed by atoms with E-state index in [1.807, 2.05) is 66.1 Å². The monoisotopic (exact) mass is 592 g/mol. The Hall–Kier alpha value is -4.93. The van der Waals surface area contributed by atoms with Crippen LogP contribution >= 0.6 is 0 Å². The first-order chi connectivity index (χ1) is 20.6. The van der Waals surface area contributed by atoms with Crippen LogP contribution in [-0.4, -0.2) is 66.7 Å². The van der Waals surface area contributed by atoms with Crippen LogP contribution in [0.1, 0.15) is 21.6 Å². The maximum absolute atomic E-state index is 13.8. The molecule has 4 aromatic rings. The fraction of sp³-hybridized carbons (Fsp3) is 0.250. The molecule has 0 bridgehead atoms. The molecular weight excluding hydrogens is 561 g/mol. The first-order valence-corrected chi connectivity index (χ1v) is 13.6. The number of ether oxygens (including phenoxy) is 2. The Morgan fingerprint density at radius 1 is 0.791 bits per heavy atom. The number of halogens is 3. The molecule has 0 aliphatic carbocycles. The number of urea groups is 1. The van der Waals surface area contributed by atoms with E-state index in [2.05, 4.69) is 5.32 Å². The van der Waals surface area contributed by atoms with Gasteiger partial charge in [-0.15, -0.1) is 0 Å². The maximum atomic E-state index is 13.8. The van der Waals surface area contributed by atoms with Gasteiger partial charge < -0.3 is 29.2 Å². The van der Waals surface area contributed by atoms with Gasteiger partial charge in [0.1, 0.15) is 11.5 Å². The molecule has 3 aromatic carbocycles. The lowest BCUT2D eigenvalue weighted by Gasteiger charge is -2.34. The van der Waals surface area contributed by atoms with Crippen molar-refractivity contribution in [2.24, 2.45) is 0 Å². The molecule has 0 saturated carbocycles. The number of benzene rings is 3. The van der Waals surface area contributed by atoms with Crippen LogP contribution in [0.3, 0.4) is 0 Å². The fourth-order valence-corrected chi connectivity index (χ4v) is 5.14. The van der Waals surface area contributed by atoms with Crippen LogP contribution in [0, 0.1) is 6.92 Å². The third-order valence-electron chi connectivity index (χ3n) is 7.47. The highest BCUT2D eigenvalue weighted by molar-refractivity contribution is 5.98. The van der Waals surface area contributed by atoms with Crippen molar-refractivity contribution in [1.82, 2.24) is 14.4 Å². The largest absolute Gasteiger partial charge is 0.497 e. The molecule has 1 N–H and O–H groups in total. The van der Waals surface area contributed by atoms with Gasteiger partial charge in [0, 0.05) is 49.3 Å². The highest BCUT2D eigenvalue weighted by Gasteiger charge is 2.31. The topological polar surface area (TPSA) is 76.0 Å². The second-order valence-electron chi connectivity index (χ2n) is 10.1. The Labute approximate surface area is 247 Å². The van der Waals surface area contributed by atoms with Gasteiger partial charge in [0.15, 0.2) is 0 Å². The van der Waals surface area contributed by atoms with Crippen LogP contribution in [0.4, 0.5) is 23.7 Å². The number of hydrogen-bond donors (Lipinski definition) is 1. The molecule has 5 rings (SSSR count). The predicted molar refractivity (Wildman–Crippen MR) is 157 cm³/mol. The number of methoxy groups -OCH3 is 2. The summed E-state index contributed by atoms with van der Waals surface area (Å²) in [6.45, 7) is 2.90. The van der Waals surface area contributed by atoms with Gasteiger partial charge in [-0.3, -0.25) is 4.79 Å². The summed E-state index contributed by atoms with van der Waals surface area (Å²) in [6.07, 6.45) is -4.51. The molecule has 2 heterocycles. The summed E-state index contributed by atoms with van der Waals surface area (Å²) in [5.41, 5.74) is 3.02. The zero-order chi connectivity index (χ0) is 30.7. The summed E-state index contributed by atoms with van der Waals surface area (Å²) in [7, 11) is 3.20. The number of nitrogens with one attached hydrogen (secondary N) is 1. The normalized spacial score (nSPS) is 13.5. The minimum atomic E-state index is -4.51. The molecule has 8 nitrogen and oxygen atoms in total. The Morgan fingerprint density at radius 3 is 2.09 bits per heavy atom. The van der Waals surface area contributed by atoms with Crippen molar-refractivity contribution >= 4 is 17.6 Å². The lowest BCUT2D eigenvalue weighted by molar-refractivity contribution is -0.137. The third kappa shape index (κ3) is 6.30. The summed E-state index contributed by atoms with van der Waals surface area (Å²) in [5.74, 6) is 1.22. The summed E-state index contributed by atoms with van der Waals surface area (Å²) in [4.78, 5) is 29.8. The van der Waals surface area contributed by atoms with Gasteiger partial charge in [-0.25, -0.2) is 4.79 Å². The van der Waals surface area contributed by atoms with Gasteiger partial charge in [0.2, 0.25) is 0 Å². The van der Waals surface area contributed by atoms with Crippen LogP contribution in [0.25, 0.3) is 16.9 Å². The Kier molecular flexibility index (Phi) is 8.33. The average Bonchev–Trinajstić information content (AvgIpc) is 3.37. The zero-order valence-corrected chi connectivity index (χ0v) is 23.9. The van der Waals surface area contributed by atoms with E-state index >= 15 is 0 Å². The lowest BCUT2D eigenvalue weighted by Crippen LogP contribution is -2.51. The van der Waals surface area contributed by atoms with E-state index in [1.54, 1.807) is 19.1 Å².